The normalized spacial score (nSPS) is 15.7. The highest BCUT2D eigenvalue weighted by Gasteiger charge is 2.21. The maximum absolute atomic E-state index is 12.0. The summed E-state index contributed by atoms with van der Waals surface area (Å²) in [5, 5.41) is 14.5. The Morgan fingerprint density at radius 2 is 2.00 bits per heavy atom. The Morgan fingerprint density at radius 3 is 2.64 bits per heavy atom. The lowest BCUT2D eigenvalue weighted by Gasteiger charge is -2.27. The first-order chi connectivity index (χ1) is 12.1. The Morgan fingerprint density at radius 1 is 1.28 bits per heavy atom. The van der Waals surface area contributed by atoms with Gasteiger partial charge in [-0.2, -0.15) is 0 Å². The van der Waals surface area contributed by atoms with E-state index in [-0.39, 0.29) is 17.6 Å². The van der Waals surface area contributed by atoms with Crippen LogP contribution in [-0.4, -0.2) is 71.2 Å². The van der Waals surface area contributed by atoms with Crippen LogP contribution in [-0.2, 0) is 20.9 Å². The third-order valence-corrected chi connectivity index (χ3v) is 4.73. The van der Waals surface area contributed by atoms with Gasteiger partial charge in [-0.05, 0) is 20.8 Å². The molecule has 2 N–H and O–H groups in total. The van der Waals surface area contributed by atoms with Gasteiger partial charge in [-0.25, -0.2) is 0 Å². The van der Waals surface area contributed by atoms with Gasteiger partial charge in [0, 0.05) is 26.2 Å². The number of likely N-dealkylation sites (N-methyl/N-ethyl adjacent to an activating group) is 1. The van der Waals surface area contributed by atoms with E-state index in [1.54, 1.807) is 6.92 Å². The molecular formula is C15H26N6O3S. The Hall–Kier alpha value is -1.81. The van der Waals surface area contributed by atoms with Gasteiger partial charge in [-0.15, -0.1) is 10.2 Å². The summed E-state index contributed by atoms with van der Waals surface area (Å²) < 4.78 is 7.36. The number of carbonyl (C=O) groups excluding carboxylic acids is 2. The molecule has 0 radical (unpaired) electrons. The van der Waals surface area contributed by atoms with Crippen LogP contribution in [0.25, 0.3) is 0 Å². The molecule has 1 aromatic heterocycles. The van der Waals surface area contributed by atoms with E-state index in [1.807, 2.05) is 18.4 Å². The van der Waals surface area contributed by atoms with Gasteiger partial charge in [0.25, 0.3) is 0 Å². The van der Waals surface area contributed by atoms with Crippen molar-refractivity contribution in [1.29, 1.82) is 0 Å². The second kappa shape index (κ2) is 9.62. The van der Waals surface area contributed by atoms with Crippen molar-refractivity contribution in [2.45, 2.75) is 38.5 Å². The van der Waals surface area contributed by atoms with E-state index in [0.717, 1.165) is 25.6 Å². The zero-order chi connectivity index (χ0) is 18.2. The fraction of sp³-hybridized carbons (Fsp3) is 0.733. The van der Waals surface area contributed by atoms with E-state index in [2.05, 4.69) is 25.7 Å². The summed E-state index contributed by atoms with van der Waals surface area (Å²) in [7, 11) is 0. The summed E-state index contributed by atoms with van der Waals surface area (Å²) in [6, 6.07) is -0.555. The number of ether oxygens (including phenoxy) is 1. The molecule has 1 aliphatic rings. The van der Waals surface area contributed by atoms with E-state index in [1.165, 1.54) is 11.8 Å². The molecule has 25 heavy (non-hydrogen) atoms. The van der Waals surface area contributed by atoms with Gasteiger partial charge < -0.3 is 20.3 Å². The minimum Gasteiger partial charge on any atom is -0.378 e. The highest BCUT2D eigenvalue weighted by Crippen LogP contribution is 2.22. The second-order valence-electron chi connectivity index (χ2n) is 5.60. The number of hydrogen-bond donors (Lipinski definition) is 2. The van der Waals surface area contributed by atoms with Crippen molar-refractivity contribution in [3.05, 3.63) is 0 Å². The molecular weight excluding hydrogens is 344 g/mol. The van der Waals surface area contributed by atoms with E-state index in [9.17, 15) is 9.59 Å². The summed E-state index contributed by atoms with van der Waals surface area (Å²) in [5.74, 6) is 0.601. The molecule has 10 heteroatoms. The quantitative estimate of drug-likeness (QED) is 0.615. The molecule has 0 saturated carbocycles. The molecule has 0 bridgehead atoms. The molecule has 0 unspecified atom stereocenters. The number of nitrogens with zero attached hydrogens (tertiary/aromatic N) is 4. The van der Waals surface area contributed by atoms with Crippen molar-refractivity contribution in [1.82, 2.24) is 25.4 Å². The Bertz CT molecular complexity index is 588. The number of rotatable bonds is 8. The van der Waals surface area contributed by atoms with Crippen molar-refractivity contribution >= 4 is 29.5 Å². The SMILES string of the molecule is CCNC(=O)[C@H](C)NC(=O)CSc1nnc(N2CCOCC2)n1CC. The largest absolute Gasteiger partial charge is 0.378 e. The van der Waals surface area contributed by atoms with Crippen molar-refractivity contribution in [2.75, 3.05) is 43.5 Å². The fourth-order valence-corrected chi connectivity index (χ4v) is 3.28. The number of aromatic nitrogens is 3. The maximum Gasteiger partial charge on any atom is 0.242 e. The predicted octanol–water partition coefficient (Wildman–Crippen LogP) is -0.132. The third kappa shape index (κ3) is 5.33. The molecule has 1 aromatic rings. The van der Waals surface area contributed by atoms with Gasteiger partial charge in [-0.3, -0.25) is 14.2 Å². The average Bonchev–Trinajstić information content (AvgIpc) is 3.03. The van der Waals surface area contributed by atoms with Crippen LogP contribution in [0.5, 0.6) is 0 Å². The van der Waals surface area contributed by atoms with E-state index in [0.29, 0.717) is 24.9 Å². The Labute approximate surface area is 151 Å². The Balaban J connectivity index is 1.91. The van der Waals surface area contributed by atoms with E-state index >= 15 is 0 Å². The van der Waals surface area contributed by atoms with Crippen molar-refractivity contribution < 1.29 is 14.3 Å². The molecule has 0 spiro atoms. The molecule has 140 valence electrons. The van der Waals surface area contributed by atoms with Gasteiger partial charge in [0.05, 0.1) is 19.0 Å². The van der Waals surface area contributed by atoms with Crippen LogP contribution in [0.3, 0.4) is 0 Å². The predicted molar refractivity (Wildman–Crippen MR) is 95.7 cm³/mol. The molecule has 0 aromatic carbocycles. The van der Waals surface area contributed by atoms with Crippen LogP contribution in [0.2, 0.25) is 0 Å². The van der Waals surface area contributed by atoms with Crippen molar-refractivity contribution in [3.63, 3.8) is 0 Å². The minimum atomic E-state index is -0.555. The summed E-state index contributed by atoms with van der Waals surface area (Å²) in [6.45, 7) is 9.72. The number of morpholine rings is 1. The number of hydrogen-bond acceptors (Lipinski definition) is 7. The van der Waals surface area contributed by atoms with Crippen LogP contribution in [0.4, 0.5) is 5.95 Å². The van der Waals surface area contributed by atoms with Gasteiger partial charge in [-0.1, -0.05) is 11.8 Å². The zero-order valence-corrected chi connectivity index (χ0v) is 15.8. The smallest absolute Gasteiger partial charge is 0.242 e. The third-order valence-electron chi connectivity index (χ3n) is 3.76. The molecule has 0 aliphatic carbocycles. The second-order valence-corrected chi connectivity index (χ2v) is 6.54. The molecule has 2 amide bonds. The molecule has 2 rings (SSSR count). The van der Waals surface area contributed by atoms with Gasteiger partial charge >= 0.3 is 0 Å². The summed E-state index contributed by atoms with van der Waals surface area (Å²) >= 11 is 1.32. The zero-order valence-electron chi connectivity index (χ0n) is 14.9. The van der Waals surface area contributed by atoms with Crippen molar-refractivity contribution in [3.8, 4) is 0 Å². The first kappa shape index (κ1) is 19.5. The van der Waals surface area contributed by atoms with Gasteiger partial charge in [0.2, 0.25) is 17.8 Å². The van der Waals surface area contributed by atoms with Crippen LogP contribution in [0.15, 0.2) is 5.16 Å². The van der Waals surface area contributed by atoms with Crippen LogP contribution in [0, 0.1) is 0 Å². The standard InChI is InChI=1S/C15H26N6O3S/c1-4-16-13(23)11(3)17-12(22)10-25-15-19-18-14(21(15)5-2)20-6-8-24-9-7-20/h11H,4-10H2,1-3H3,(H,16,23)(H,17,22)/t11-/m0/s1. The fourth-order valence-electron chi connectivity index (χ4n) is 2.47. The lowest BCUT2D eigenvalue weighted by atomic mass is 10.3. The molecule has 1 saturated heterocycles. The lowest BCUT2D eigenvalue weighted by molar-refractivity contribution is -0.127. The monoisotopic (exact) mass is 370 g/mol. The number of nitrogens with one attached hydrogen (secondary N) is 2. The van der Waals surface area contributed by atoms with E-state index < -0.39 is 6.04 Å². The lowest BCUT2D eigenvalue weighted by Crippen LogP contribution is -2.45. The van der Waals surface area contributed by atoms with Crippen LogP contribution >= 0.6 is 11.8 Å². The summed E-state index contributed by atoms with van der Waals surface area (Å²) in [6.07, 6.45) is 0. The topological polar surface area (TPSA) is 101 Å². The first-order valence-electron chi connectivity index (χ1n) is 8.52. The van der Waals surface area contributed by atoms with Gasteiger partial charge in [0.15, 0.2) is 5.16 Å². The molecule has 1 atom stereocenters. The highest BCUT2D eigenvalue weighted by molar-refractivity contribution is 7.99. The number of thioether (sulfide) groups is 1. The highest BCUT2D eigenvalue weighted by atomic mass is 32.2. The molecule has 1 aliphatic heterocycles. The van der Waals surface area contributed by atoms with Crippen LogP contribution < -0.4 is 15.5 Å². The Kier molecular flexibility index (Phi) is 7.51. The number of carbonyl (C=O) groups is 2. The molecule has 1 fully saturated rings. The maximum atomic E-state index is 12.0. The number of amides is 2. The molecule has 2 heterocycles. The first-order valence-corrected chi connectivity index (χ1v) is 9.51. The summed E-state index contributed by atoms with van der Waals surface area (Å²) in [4.78, 5) is 25.8. The van der Waals surface area contributed by atoms with Crippen LogP contribution in [0.1, 0.15) is 20.8 Å². The minimum absolute atomic E-state index is 0.186. The average molecular weight is 370 g/mol. The van der Waals surface area contributed by atoms with Crippen molar-refractivity contribution in [2.24, 2.45) is 0 Å². The number of anilines is 1. The summed E-state index contributed by atoms with van der Waals surface area (Å²) in [5.41, 5.74) is 0. The molecule has 9 nitrogen and oxygen atoms in total. The van der Waals surface area contributed by atoms with E-state index in [4.69, 9.17) is 4.74 Å². The van der Waals surface area contributed by atoms with Gasteiger partial charge in [0.1, 0.15) is 6.04 Å².